The van der Waals surface area contributed by atoms with Crippen LogP contribution in [0.3, 0.4) is 0 Å². The molecule has 1 amide bonds. The molecule has 0 bridgehead atoms. The van der Waals surface area contributed by atoms with Gasteiger partial charge in [0.2, 0.25) is 10.0 Å². The van der Waals surface area contributed by atoms with Crippen LogP contribution in [-0.4, -0.2) is 44.8 Å². The monoisotopic (exact) mass is 318 g/mol. The van der Waals surface area contributed by atoms with Crippen LogP contribution in [0.15, 0.2) is 23.1 Å². The van der Waals surface area contributed by atoms with Gasteiger partial charge < -0.3 is 10.5 Å². The summed E-state index contributed by atoms with van der Waals surface area (Å²) in [4.78, 5) is 22.3. The number of amides is 1. The molecule has 0 fully saturated rings. The smallest absolute Gasteiger partial charge is 0.341 e. The van der Waals surface area contributed by atoms with Gasteiger partial charge in [0.05, 0.1) is 10.5 Å². The molecule has 0 saturated carbocycles. The molecule has 21 heavy (non-hydrogen) atoms. The van der Waals surface area contributed by atoms with Crippen molar-refractivity contribution in [2.24, 2.45) is 5.73 Å². The second-order valence-corrected chi connectivity index (χ2v) is 6.53. The molecule has 0 radical (unpaired) electrons. The Labute approximate surface area is 121 Å². The fourth-order valence-electron chi connectivity index (χ4n) is 1.31. The number of sulfonamides is 1. The normalized spacial score (nSPS) is 13.0. The molecule has 0 heterocycles. The van der Waals surface area contributed by atoms with Gasteiger partial charge in [-0.2, -0.15) is 0 Å². The van der Waals surface area contributed by atoms with E-state index in [1.165, 1.54) is 21.0 Å². The highest BCUT2D eigenvalue weighted by molar-refractivity contribution is 7.89. The molecule has 1 aromatic carbocycles. The summed E-state index contributed by atoms with van der Waals surface area (Å²) in [7, 11) is -1.23. The average Bonchev–Trinajstić information content (AvgIpc) is 2.38. The first-order valence-electron chi connectivity index (χ1n) is 5.79. The van der Waals surface area contributed by atoms with Crippen molar-refractivity contribution in [1.82, 2.24) is 4.31 Å². The van der Waals surface area contributed by atoms with Gasteiger partial charge in [-0.25, -0.2) is 21.9 Å². The number of carbonyl (C=O) groups is 2. The van der Waals surface area contributed by atoms with Crippen LogP contribution in [0.1, 0.15) is 17.3 Å². The predicted molar refractivity (Wildman–Crippen MR) is 71.3 cm³/mol. The molecule has 1 atom stereocenters. The molecule has 1 aromatic rings. The Morgan fingerprint density at radius 3 is 2.38 bits per heavy atom. The number of halogens is 1. The number of carbonyl (C=O) groups excluding carboxylic acids is 2. The lowest BCUT2D eigenvalue weighted by molar-refractivity contribution is -0.125. The number of ether oxygens (including phenoxy) is 1. The van der Waals surface area contributed by atoms with Crippen LogP contribution in [0, 0.1) is 5.82 Å². The second-order valence-electron chi connectivity index (χ2n) is 4.38. The molecule has 1 rings (SSSR count). The van der Waals surface area contributed by atoms with E-state index in [4.69, 9.17) is 5.73 Å². The minimum Gasteiger partial charge on any atom is -0.449 e. The molecule has 0 aliphatic carbocycles. The Morgan fingerprint density at radius 2 is 1.90 bits per heavy atom. The van der Waals surface area contributed by atoms with E-state index in [1.54, 1.807) is 0 Å². The average molecular weight is 318 g/mol. The van der Waals surface area contributed by atoms with Gasteiger partial charge >= 0.3 is 5.97 Å². The zero-order valence-electron chi connectivity index (χ0n) is 11.7. The fourth-order valence-corrected chi connectivity index (χ4v) is 2.24. The topological polar surface area (TPSA) is 107 Å². The van der Waals surface area contributed by atoms with Gasteiger partial charge in [-0.05, 0) is 25.1 Å². The van der Waals surface area contributed by atoms with E-state index in [0.29, 0.717) is 0 Å². The van der Waals surface area contributed by atoms with Gasteiger partial charge in [0.1, 0.15) is 5.82 Å². The molecule has 9 heteroatoms. The van der Waals surface area contributed by atoms with E-state index in [9.17, 15) is 22.4 Å². The first kappa shape index (κ1) is 17.1. The highest BCUT2D eigenvalue weighted by Crippen LogP contribution is 2.18. The third-order valence-corrected chi connectivity index (χ3v) is 4.43. The number of nitrogens with zero attached hydrogens (tertiary/aromatic N) is 1. The Kier molecular flexibility index (Phi) is 5.02. The quantitative estimate of drug-likeness (QED) is 0.775. The van der Waals surface area contributed by atoms with Crippen molar-refractivity contribution < 1.29 is 27.1 Å². The molecule has 0 aliphatic heterocycles. The second kappa shape index (κ2) is 6.19. The summed E-state index contributed by atoms with van der Waals surface area (Å²) in [6.45, 7) is 1.22. The van der Waals surface area contributed by atoms with Crippen LogP contribution in [0.5, 0.6) is 0 Å². The summed E-state index contributed by atoms with van der Waals surface area (Å²) < 4.78 is 43.0. The lowest BCUT2D eigenvalue weighted by atomic mass is 10.2. The standard InChI is InChI=1S/C12H15FN2O5S/c1-7(11(14)16)20-12(17)9-6-8(4-5-10(9)13)21(18,19)15(2)3/h4-7H,1-3H3,(H2,14,16)/t7-/m0/s1. The van der Waals surface area contributed by atoms with Gasteiger partial charge in [0.15, 0.2) is 6.10 Å². The van der Waals surface area contributed by atoms with Gasteiger partial charge in [-0.15, -0.1) is 0 Å². The Bertz CT molecular complexity index is 672. The fraction of sp³-hybridized carbons (Fsp3) is 0.333. The van der Waals surface area contributed by atoms with Gasteiger partial charge in [-0.1, -0.05) is 0 Å². The first-order chi connectivity index (χ1) is 9.57. The third kappa shape index (κ3) is 3.76. The largest absolute Gasteiger partial charge is 0.449 e. The molecule has 0 unspecified atom stereocenters. The van der Waals surface area contributed by atoms with Crippen molar-refractivity contribution in [3.63, 3.8) is 0 Å². The number of esters is 1. The third-order valence-electron chi connectivity index (χ3n) is 2.62. The summed E-state index contributed by atoms with van der Waals surface area (Å²) in [5.74, 6) is -3.04. The summed E-state index contributed by atoms with van der Waals surface area (Å²) in [5.41, 5.74) is 4.34. The van der Waals surface area contributed by atoms with E-state index in [0.717, 1.165) is 22.5 Å². The van der Waals surface area contributed by atoms with Crippen molar-refractivity contribution >= 4 is 21.9 Å². The molecule has 2 N–H and O–H groups in total. The van der Waals surface area contributed by atoms with Crippen molar-refractivity contribution in [2.45, 2.75) is 17.9 Å². The summed E-state index contributed by atoms with van der Waals surface area (Å²) in [6, 6.07) is 2.71. The SMILES string of the molecule is C[C@H](OC(=O)c1cc(S(=O)(=O)N(C)C)ccc1F)C(N)=O. The maximum absolute atomic E-state index is 13.6. The van der Waals surface area contributed by atoms with E-state index in [-0.39, 0.29) is 4.90 Å². The minimum atomic E-state index is -3.83. The van der Waals surface area contributed by atoms with E-state index >= 15 is 0 Å². The lowest BCUT2D eigenvalue weighted by Crippen LogP contribution is -2.30. The molecule has 0 saturated heterocycles. The van der Waals surface area contributed by atoms with E-state index in [2.05, 4.69) is 4.74 Å². The van der Waals surface area contributed by atoms with Gasteiger partial charge in [0, 0.05) is 14.1 Å². The first-order valence-corrected chi connectivity index (χ1v) is 7.23. The minimum absolute atomic E-state index is 0.271. The number of hydrogen-bond acceptors (Lipinski definition) is 5. The van der Waals surface area contributed by atoms with Crippen molar-refractivity contribution in [3.8, 4) is 0 Å². The van der Waals surface area contributed by atoms with Crippen molar-refractivity contribution in [3.05, 3.63) is 29.6 Å². The number of nitrogens with two attached hydrogens (primary N) is 1. The number of hydrogen-bond donors (Lipinski definition) is 1. The van der Waals surface area contributed by atoms with Crippen molar-refractivity contribution in [2.75, 3.05) is 14.1 Å². The van der Waals surface area contributed by atoms with E-state index < -0.39 is 39.4 Å². The Balaban J connectivity index is 3.20. The Hall–Kier alpha value is -2.00. The zero-order valence-corrected chi connectivity index (χ0v) is 12.5. The van der Waals surface area contributed by atoms with Crippen molar-refractivity contribution in [1.29, 1.82) is 0 Å². The lowest BCUT2D eigenvalue weighted by Gasteiger charge is -2.13. The molecule has 0 spiro atoms. The predicted octanol–water partition coefficient (Wildman–Crippen LogP) is 0.107. The molecular weight excluding hydrogens is 303 g/mol. The van der Waals surface area contributed by atoms with Crippen LogP contribution in [-0.2, 0) is 19.6 Å². The number of benzene rings is 1. The highest BCUT2D eigenvalue weighted by atomic mass is 32.2. The molecule has 0 aliphatic rings. The molecule has 0 aromatic heterocycles. The molecular formula is C12H15FN2O5S. The van der Waals surface area contributed by atoms with Gasteiger partial charge in [0.25, 0.3) is 5.91 Å². The highest BCUT2D eigenvalue weighted by Gasteiger charge is 2.24. The molecule has 7 nitrogen and oxygen atoms in total. The van der Waals surface area contributed by atoms with E-state index in [1.807, 2.05) is 0 Å². The van der Waals surface area contributed by atoms with Gasteiger partial charge in [-0.3, -0.25) is 4.79 Å². The maximum atomic E-state index is 13.6. The maximum Gasteiger partial charge on any atom is 0.341 e. The number of primary amides is 1. The van der Waals surface area contributed by atoms with Crippen LogP contribution in [0.4, 0.5) is 4.39 Å². The summed E-state index contributed by atoms with van der Waals surface area (Å²) in [6.07, 6.45) is -1.26. The zero-order chi connectivity index (χ0) is 16.4. The summed E-state index contributed by atoms with van der Waals surface area (Å²) in [5, 5.41) is 0. The summed E-state index contributed by atoms with van der Waals surface area (Å²) >= 11 is 0. The van der Waals surface area contributed by atoms with Crippen LogP contribution >= 0.6 is 0 Å². The van der Waals surface area contributed by atoms with Crippen LogP contribution in [0.25, 0.3) is 0 Å². The molecule has 116 valence electrons. The number of rotatable bonds is 5. The Morgan fingerprint density at radius 1 is 1.33 bits per heavy atom. The van der Waals surface area contributed by atoms with Crippen LogP contribution in [0.2, 0.25) is 0 Å². The van der Waals surface area contributed by atoms with Crippen LogP contribution < -0.4 is 5.73 Å².